The number of carbonyl (C=O) groups is 1. The molecule has 1 aliphatic carbocycles. The number of unbranched alkanes of at least 4 members (excludes halogenated alkanes) is 5. The molecule has 2 unspecified atom stereocenters. The summed E-state index contributed by atoms with van der Waals surface area (Å²) in [7, 11) is 1.69. The average molecular weight is 337 g/mol. The van der Waals surface area contributed by atoms with Crippen LogP contribution in [0, 0.1) is 11.3 Å². The van der Waals surface area contributed by atoms with Crippen LogP contribution in [0.4, 0.5) is 0 Å². The fourth-order valence-corrected chi connectivity index (χ4v) is 3.91. The standard InChI is InChI=1S/C21H36O3/c1-4-6-7-8-9-10-15-21(20(22)23)16-11-13-18(12-5-2)19(21)14-17-24-3/h11,13,16,19H,4-10,12,14-15,17H2,1-3H3,(H,22,23). The second-order valence-corrected chi connectivity index (χ2v) is 7.05. The SMILES string of the molecule is CCCCCCCCC1(C(=O)O)C=CC=C(CCC)C1CCOC. The first-order valence-corrected chi connectivity index (χ1v) is 9.73. The van der Waals surface area contributed by atoms with Crippen LogP contribution in [0.2, 0.25) is 0 Å². The predicted molar refractivity (Wildman–Crippen MR) is 100 cm³/mol. The molecule has 0 aliphatic heterocycles. The molecular weight excluding hydrogens is 300 g/mol. The van der Waals surface area contributed by atoms with Crippen molar-refractivity contribution < 1.29 is 14.6 Å². The molecule has 3 nitrogen and oxygen atoms in total. The van der Waals surface area contributed by atoms with E-state index in [9.17, 15) is 9.90 Å². The molecule has 0 spiro atoms. The van der Waals surface area contributed by atoms with Gasteiger partial charge in [0.25, 0.3) is 0 Å². The van der Waals surface area contributed by atoms with E-state index in [0.717, 1.165) is 38.5 Å². The molecule has 0 aromatic heterocycles. The minimum absolute atomic E-state index is 0.0653. The third-order valence-corrected chi connectivity index (χ3v) is 5.26. The molecule has 1 N–H and O–H groups in total. The van der Waals surface area contributed by atoms with Crippen molar-refractivity contribution in [1.82, 2.24) is 0 Å². The molecule has 24 heavy (non-hydrogen) atoms. The van der Waals surface area contributed by atoms with Gasteiger partial charge < -0.3 is 9.84 Å². The summed E-state index contributed by atoms with van der Waals surface area (Å²) in [5.41, 5.74) is 0.535. The van der Waals surface area contributed by atoms with Crippen molar-refractivity contribution in [3.8, 4) is 0 Å². The largest absolute Gasteiger partial charge is 0.481 e. The molecule has 0 bridgehead atoms. The van der Waals surface area contributed by atoms with Crippen LogP contribution in [-0.4, -0.2) is 24.8 Å². The zero-order valence-corrected chi connectivity index (χ0v) is 15.9. The van der Waals surface area contributed by atoms with Gasteiger partial charge in [-0.05, 0) is 19.3 Å². The highest BCUT2D eigenvalue weighted by molar-refractivity contribution is 5.79. The van der Waals surface area contributed by atoms with Gasteiger partial charge in [0.2, 0.25) is 0 Å². The van der Waals surface area contributed by atoms with Crippen LogP contribution < -0.4 is 0 Å². The second-order valence-electron chi connectivity index (χ2n) is 7.05. The summed E-state index contributed by atoms with van der Waals surface area (Å²) < 4.78 is 5.27. The maximum atomic E-state index is 12.2. The number of rotatable bonds is 13. The van der Waals surface area contributed by atoms with Gasteiger partial charge in [0.1, 0.15) is 0 Å². The summed E-state index contributed by atoms with van der Waals surface area (Å²) in [5, 5.41) is 10.1. The minimum atomic E-state index is -0.747. The number of hydrogen-bond acceptors (Lipinski definition) is 2. The highest BCUT2D eigenvalue weighted by atomic mass is 16.5. The van der Waals surface area contributed by atoms with Crippen LogP contribution in [0.1, 0.15) is 78.1 Å². The van der Waals surface area contributed by atoms with Crippen molar-refractivity contribution in [2.45, 2.75) is 78.1 Å². The topological polar surface area (TPSA) is 46.5 Å². The molecular formula is C21H36O3. The average Bonchev–Trinajstić information content (AvgIpc) is 2.57. The Bertz CT molecular complexity index is 425. The number of aliphatic carboxylic acids is 1. The highest BCUT2D eigenvalue weighted by Gasteiger charge is 2.45. The Morgan fingerprint density at radius 2 is 1.88 bits per heavy atom. The highest BCUT2D eigenvalue weighted by Crippen LogP contribution is 2.45. The number of carboxylic acids is 1. The molecule has 0 radical (unpaired) electrons. The van der Waals surface area contributed by atoms with Crippen LogP contribution in [0.3, 0.4) is 0 Å². The summed E-state index contributed by atoms with van der Waals surface area (Å²) >= 11 is 0. The van der Waals surface area contributed by atoms with Gasteiger partial charge in [0.15, 0.2) is 0 Å². The third kappa shape index (κ3) is 5.77. The van der Waals surface area contributed by atoms with Crippen molar-refractivity contribution in [3.05, 3.63) is 23.8 Å². The summed E-state index contributed by atoms with van der Waals surface area (Å²) in [5.74, 6) is -0.606. The fraction of sp³-hybridized carbons (Fsp3) is 0.762. The van der Waals surface area contributed by atoms with Crippen molar-refractivity contribution in [2.24, 2.45) is 11.3 Å². The van der Waals surface area contributed by atoms with E-state index >= 15 is 0 Å². The summed E-state index contributed by atoms with van der Waals surface area (Å²) in [6.07, 6.45) is 16.7. The van der Waals surface area contributed by atoms with Crippen molar-refractivity contribution in [1.29, 1.82) is 0 Å². The van der Waals surface area contributed by atoms with Gasteiger partial charge in [-0.15, -0.1) is 0 Å². The molecule has 3 heteroatoms. The molecule has 0 saturated carbocycles. The van der Waals surface area contributed by atoms with Crippen LogP contribution in [0.25, 0.3) is 0 Å². The first-order chi connectivity index (χ1) is 11.6. The Labute approximate surface area is 148 Å². The first-order valence-electron chi connectivity index (χ1n) is 9.73. The van der Waals surface area contributed by atoms with Crippen LogP contribution >= 0.6 is 0 Å². The summed E-state index contributed by atoms with van der Waals surface area (Å²) in [6, 6.07) is 0. The van der Waals surface area contributed by atoms with E-state index in [1.54, 1.807) is 7.11 Å². The smallest absolute Gasteiger partial charge is 0.314 e. The Morgan fingerprint density at radius 1 is 1.17 bits per heavy atom. The lowest BCUT2D eigenvalue weighted by Crippen LogP contribution is -2.40. The third-order valence-electron chi connectivity index (χ3n) is 5.26. The van der Waals surface area contributed by atoms with Gasteiger partial charge in [0, 0.05) is 19.6 Å². The van der Waals surface area contributed by atoms with E-state index in [0.29, 0.717) is 6.61 Å². The Morgan fingerprint density at radius 3 is 2.50 bits per heavy atom. The molecule has 0 aromatic rings. The first kappa shape index (κ1) is 21.0. The van der Waals surface area contributed by atoms with E-state index in [2.05, 4.69) is 19.9 Å². The number of hydrogen-bond donors (Lipinski definition) is 1. The van der Waals surface area contributed by atoms with Crippen molar-refractivity contribution >= 4 is 5.97 Å². The molecule has 2 atom stereocenters. The molecule has 0 heterocycles. The van der Waals surface area contributed by atoms with E-state index in [1.807, 2.05) is 12.2 Å². The lowest BCUT2D eigenvalue weighted by atomic mass is 9.64. The van der Waals surface area contributed by atoms with Crippen LogP contribution in [0.5, 0.6) is 0 Å². The zero-order valence-electron chi connectivity index (χ0n) is 15.9. The maximum absolute atomic E-state index is 12.2. The monoisotopic (exact) mass is 336 g/mol. The predicted octanol–water partition coefficient (Wildman–Crippen LogP) is 5.76. The van der Waals surface area contributed by atoms with Gasteiger partial charge in [-0.3, -0.25) is 4.79 Å². The second kappa shape index (κ2) is 11.5. The maximum Gasteiger partial charge on any atom is 0.314 e. The van der Waals surface area contributed by atoms with E-state index in [4.69, 9.17) is 4.74 Å². The molecule has 0 aromatic carbocycles. The lowest BCUT2D eigenvalue weighted by Gasteiger charge is -2.39. The van der Waals surface area contributed by atoms with E-state index in [-0.39, 0.29) is 5.92 Å². The lowest BCUT2D eigenvalue weighted by molar-refractivity contribution is -0.149. The van der Waals surface area contributed by atoms with Crippen LogP contribution in [-0.2, 0) is 9.53 Å². The van der Waals surface area contributed by atoms with Gasteiger partial charge in [0.05, 0.1) is 5.41 Å². The number of ether oxygens (including phenoxy) is 1. The van der Waals surface area contributed by atoms with Crippen molar-refractivity contribution in [2.75, 3.05) is 13.7 Å². The Hall–Kier alpha value is -1.09. The molecule has 1 rings (SSSR count). The van der Waals surface area contributed by atoms with Gasteiger partial charge in [-0.1, -0.05) is 82.6 Å². The van der Waals surface area contributed by atoms with Gasteiger partial charge >= 0.3 is 5.97 Å². The normalized spacial score (nSPS) is 23.3. The molecule has 138 valence electrons. The van der Waals surface area contributed by atoms with E-state index in [1.165, 1.54) is 31.3 Å². The van der Waals surface area contributed by atoms with E-state index < -0.39 is 11.4 Å². The summed E-state index contributed by atoms with van der Waals surface area (Å²) in [6.45, 7) is 4.99. The molecule has 0 saturated heterocycles. The van der Waals surface area contributed by atoms with Crippen molar-refractivity contribution in [3.63, 3.8) is 0 Å². The fourth-order valence-electron chi connectivity index (χ4n) is 3.91. The number of carboxylic acid groups (broad SMARTS) is 1. The van der Waals surface area contributed by atoms with Gasteiger partial charge in [-0.2, -0.15) is 0 Å². The molecule has 1 aliphatic rings. The summed E-state index contributed by atoms with van der Waals surface area (Å²) in [4.78, 5) is 12.2. The molecule has 0 fully saturated rings. The quantitative estimate of drug-likeness (QED) is 0.435. The Kier molecular flexibility index (Phi) is 10.0. The Balaban J connectivity index is 2.80. The number of methoxy groups -OCH3 is 1. The van der Waals surface area contributed by atoms with Gasteiger partial charge in [-0.25, -0.2) is 0 Å². The zero-order chi connectivity index (χ0) is 17.8. The minimum Gasteiger partial charge on any atom is -0.481 e. The molecule has 0 amide bonds. The number of allylic oxidation sites excluding steroid dienone is 3. The van der Waals surface area contributed by atoms with Crippen LogP contribution in [0.15, 0.2) is 23.8 Å².